The van der Waals surface area contributed by atoms with Gasteiger partial charge in [-0.3, -0.25) is 4.98 Å². The highest BCUT2D eigenvalue weighted by Gasteiger charge is 2.19. The SMILES string of the molecule is c1ccc2c(-c3ccc4cc(-c5ccc6nc(-c7c8ccccc8c(-c8ccc9ccc%10cccnc%10c9n8)c8ccccc78)ccc6c5)ccc4n3)cccc2c1. The van der Waals surface area contributed by atoms with Gasteiger partial charge in [-0.15, -0.1) is 0 Å². The highest BCUT2D eigenvalue weighted by Crippen LogP contribution is 2.43. The molecular formula is C54H32N4. The zero-order chi connectivity index (χ0) is 38.2. The molecule has 0 unspecified atom stereocenters. The fraction of sp³-hybridized carbons (Fsp3) is 0. The summed E-state index contributed by atoms with van der Waals surface area (Å²) < 4.78 is 0. The van der Waals surface area contributed by atoms with Crippen molar-refractivity contribution in [2.75, 3.05) is 0 Å². The van der Waals surface area contributed by atoms with E-state index >= 15 is 0 Å². The van der Waals surface area contributed by atoms with Gasteiger partial charge in [0.2, 0.25) is 0 Å². The molecule has 0 aliphatic carbocycles. The van der Waals surface area contributed by atoms with Crippen molar-refractivity contribution < 1.29 is 0 Å². The zero-order valence-corrected chi connectivity index (χ0v) is 31.3. The number of hydrogen-bond acceptors (Lipinski definition) is 4. The Kier molecular flexibility index (Phi) is 7.20. The molecule has 0 radical (unpaired) electrons. The van der Waals surface area contributed by atoms with Gasteiger partial charge in [0.1, 0.15) is 0 Å². The van der Waals surface area contributed by atoms with E-state index in [4.69, 9.17) is 19.9 Å². The minimum atomic E-state index is 0.912. The molecule has 8 aromatic carbocycles. The molecule has 4 nitrogen and oxygen atoms in total. The number of fused-ring (bicyclic) bond motifs is 8. The first-order valence-corrected chi connectivity index (χ1v) is 19.6. The number of aromatic nitrogens is 4. The third-order valence-electron chi connectivity index (χ3n) is 11.7. The van der Waals surface area contributed by atoms with Crippen molar-refractivity contribution in [3.8, 4) is 44.9 Å². The van der Waals surface area contributed by atoms with Gasteiger partial charge in [-0.2, -0.15) is 0 Å². The first-order chi connectivity index (χ1) is 28.7. The minimum Gasteiger partial charge on any atom is -0.254 e. The molecule has 0 N–H and O–H groups in total. The number of rotatable bonds is 4. The number of benzene rings is 8. The molecule has 0 bridgehead atoms. The summed E-state index contributed by atoms with van der Waals surface area (Å²) in [4.78, 5) is 20.5. The summed E-state index contributed by atoms with van der Waals surface area (Å²) in [6.45, 7) is 0. The summed E-state index contributed by atoms with van der Waals surface area (Å²) in [5.74, 6) is 0. The monoisotopic (exact) mass is 736 g/mol. The first-order valence-electron chi connectivity index (χ1n) is 19.6. The summed E-state index contributed by atoms with van der Waals surface area (Å²) >= 11 is 0. The van der Waals surface area contributed by atoms with Crippen LogP contribution in [0.25, 0.3) is 121 Å². The van der Waals surface area contributed by atoms with Crippen molar-refractivity contribution in [2.24, 2.45) is 0 Å². The predicted molar refractivity (Wildman–Crippen MR) is 242 cm³/mol. The van der Waals surface area contributed by atoms with Crippen LogP contribution in [-0.4, -0.2) is 19.9 Å². The highest BCUT2D eigenvalue weighted by molar-refractivity contribution is 6.21. The standard InChI is InChI=1S/C54H32N4/c1-2-12-40-33(9-1)10-7-17-41(40)48-27-23-38-31-36(21-25-46(38)56-48)37-22-26-47-39(32-37)24-29-49(57-47)51-42-13-3-5-15-44(42)52(45-16-6-4-14-43(45)51)50-28-20-35-19-18-34-11-8-30-55-53(34)54(35)58-50/h1-32H. The van der Waals surface area contributed by atoms with E-state index in [2.05, 4.69) is 182 Å². The van der Waals surface area contributed by atoms with Gasteiger partial charge in [-0.1, -0.05) is 140 Å². The van der Waals surface area contributed by atoms with Crippen molar-refractivity contribution in [1.82, 2.24) is 19.9 Å². The molecule has 12 aromatic rings. The molecule has 4 heteroatoms. The van der Waals surface area contributed by atoms with Crippen LogP contribution >= 0.6 is 0 Å². The topological polar surface area (TPSA) is 51.6 Å². The predicted octanol–water partition coefficient (Wildman–Crippen LogP) is 14.0. The Labute approximate surface area is 333 Å². The second kappa shape index (κ2) is 12.9. The molecular weight excluding hydrogens is 705 g/mol. The van der Waals surface area contributed by atoms with E-state index in [-0.39, 0.29) is 0 Å². The maximum Gasteiger partial charge on any atom is 0.0972 e. The lowest BCUT2D eigenvalue weighted by Gasteiger charge is -2.17. The molecule has 12 rings (SSSR count). The van der Waals surface area contributed by atoms with Crippen LogP contribution in [0.15, 0.2) is 194 Å². The molecule has 0 fully saturated rings. The van der Waals surface area contributed by atoms with Crippen molar-refractivity contribution in [3.05, 3.63) is 194 Å². The molecule has 4 aromatic heterocycles. The maximum absolute atomic E-state index is 5.33. The minimum absolute atomic E-state index is 0.912. The van der Waals surface area contributed by atoms with Crippen LogP contribution in [0.3, 0.4) is 0 Å². The summed E-state index contributed by atoms with van der Waals surface area (Å²) in [7, 11) is 0. The van der Waals surface area contributed by atoms with Gasteiger partial charge in [-0.05, 0) is 92.0 Å². The largest absolute Gasteiger partial charge is 0.254 e. The molecule has 268 valence electrons. The Hall–Kier alpha value is -7.82. The van der Waals surface area contributed by atoms with E-state index < -0.39 is 0 Å². The van der Waals surface area contributed by atoms with Crippen molar-refractivity contribution >= 4 is 75.9 Å². The van der Waals surface area contributed by atoms with Gasteiger partial charge < -0.3 is 0 Å². The smallest absolute Gasteiger partial charge is 0.0972 e. The Morgan fingerprint density at radius 1 is 0.293 bits per heavy atom. The third-order valence-corrected chi connectivity index (χ3v) is 11.7. The third kappa shape index (κ3) is 5.16. The number of hydrogen-bond donors (Lipinski definition) is 0. The second-order valence-electron chi connectivity index (χ2n) is 15.0. The molecule has 0 spiro atoms. The van der Waals surface area contributed by atoms with Gasteiger partial charge in [0, 0.05) is 44.4 Å². The summed E-state index contributed by atoms with van der Waals surface area (Å²) in [6.07, 6.45) is 1.84. The van der Waals surface area contributed by atoms with Gasteiger partial charge >= 0.3 is 0 Å². The van der Waals surface area contributed by atoms with Crippen LogP contribution in [0, 0.1) is 0 Å². The normalized spacial score (nSPS) is 11.8. The second-order valence-corrected chi connectivity index (χ2v) is 15.0. The van der Waals surface area contributed by atoms with E-state index in [0.717, 1.165) is 110 Å². The van der Waals surface area contributed by atoms with Crippen LogP contribution in [0.5, 0.6) is 0 Å². The number of pyridine rings is 4. The van der Waals surface area contributed by atoms with E-state index in [0.29, 0.717) is 0 Å². The van der Waals surface area contributed by atoms with E-state index in [9.17, 15) is 0 Å². The van der Waals surface area contributed by atoms with E-state index in [1.807, 2.05) is 12.3 Å². The summed E-state index contributed by atoms with van der Waals surface area (Å²) in [5, 5.41) is 11.4. The molecule has 0 saturated heterocycles. The van der Waals surface area contributed by atoms with Crippen molar-refractivity contribution in [3.63, 3.8) is 0 Å². The first kappa shape index (κ1) is 32.4. The average Bonchev–Trinajstić information content (AvgIpc) is 3.29. The van der Waals surface area contributed by atoms with Gasteiger partial charge in [0.25, 0.3) is 0 Å². The lowest BCUT2D eigenvalue weighted by atomic mass is 9.88. The molecule has 0 amide bonds. The Balaban J connectivity index is 0.947. The van der Waals surface area contributed by atoms with Crippen LogP contribution in [0.4, 0.5) is 0 Å². The lowest BCUT2D eigenvalue weighted by molar-refractivity contribution is 1.38. The molecule has 0 atom stereocenters. The van der Waals surface area contributed by atoms with Gasteiger partial charge in [0.05, 0.1) is 39.1 Å². The summed E-state index contributed by atoms with van der Waals surface area (Å²) in [5.41, 5.74) is 12.3. The molecule has 0 saturated carbocycles. The maximum atomic E-state index is 5.33. The lowest BCUT2D eigenvalue weighted by Crippen LogP contribution is -1.95. The number of nitrogens with zero attached hydrogens (tertiary/aromatic N) is 4. The summed E-state index contributed by atoms with van der Waals surface area (Å²) in [6, 6.07) is 66.7. The Morgan fingerprint density at radius 3 is 1.43 bits per heavy atom. The Morgan fingerprint density at radius 2 is 0.776 bits per heavy atom. The highest BCUT2D eigenvalue weighted by atomic mass is 14.8. The molecule has 0 aliphatic rings. The van der Waals surface area contributed by atoms with Gasteiger partial charge in [-0.25, -0.2) is 15.0 Å². The Bertz CT molecular complexity index is 3580. The molecule has 0 aliphatic heterocycles. The van der Waals surface area contributed by atoms with Crippen molar-refractivity contribution in [1.29, 1.82) is 0 Å². The zero-order valence-electron chi connectivity index (χ0n) is 31.3. The van der Waals surface area contributed by atoms with E-state index in [1.54, 1.807) is 0 Å². The molecule has 4 heterocycles. The van der Waals surface area contributed by atoms with Crippen molar-refractivity contribution in [2.45, 2.75) is 0 Å². The average molecular weight is 737 g/mol. The van der Waals surface area contributed by atoms with Crippen LogP contribution < -0.4 is 0 Å². The fourth-order valence-electron chi connectivity index (χ4n) is 8.89. The van der Waals surface area contributed by atoms with Gasteiger partial charge in [0.15, 0.2) is 0 Å². The van der Waals surface area contributed by atoms with Crippen LogP contribution in [-0.2, 0) is 0 Å². The van der Waals surface area contributed by atoms with Crippen LogP contribution in [0.2, 0.25) is 0 Å². The van der Waals surface area contributed by atoms with E-state index in [1.165, 1.54) is 10.8 Å². The fourth-order valence-corrected chi connectivity index (χ4v) is 8.89. The molecule has 58 heavy (non-hydrogen) atoms. The quantitative estimate of drug-likeness (QED) is 0.133. The van der Waals surface area contributed by atoms with Crippen LogP contribution in [0.1, 0.15) is 0 Å².